The van der Waals surface area contributed by atoms with Crippen molar-refractivity contribution in [3.8, 4) is 16.9 Å². The van der Waals surface area contributed by atoms with Gasteiger partial charge in [0, 0.05) is 11.6 Å². The number of fused-ring (bicyclic) bond motifs is 1. The van der Waals surface area contributed by atoms with E-state index in [4.69, 9.17) is 16.0 Å². The van der Waals surface area contributed by atoms with Crippen LogP contribution >= 0.6 is 11.3 Å². The number of carbonyl (C=O) groups excluding carboxylic acids is 1. The van der Waals surface area contributed by atoms with Crippen molar-refractivity contribution in [3.63, 3.8) is 0 Å². The Kier molecular flexibility index (Phi) is 4.92. The monoisotopic (exact) mass is 366 g/mol. The van der Waals surface area contributed by atoms with Crippen LogP contribution in [0.5, 0.6) is 5.75 Å². The van der Waals surface area contributed by atoms with Crippen molar-refractivity contribution in [3.05, 3.63) is 53.3 Å². The molecule has 3 rings (SSSR count). The number of rotatable bonds is 5. The van der Waals surface area contributed by atoms with Crippen LogP contribution in [0.2, 0.25) is 0 Å². The number of hydrogen-bond acceptors (Lipinski definition) is 5. The standard InChI is InChI=1S/C20H18N2O3S/c1-5-24-19(23)20(2,3)25-17-11-16-18(26-12-22-16)10-15(17)13-6-8-14(21-4)9-7-13/h6-12H,5H2,1-3H3. The van der Waals surface area contributed by atoms with Gasteiger partial charge in [0.2, 0.25) is 0 Å². The van der Waals surface area contributed by atoms with Gasteiger partial charge in [0.1, 0.15) is 5.75 Å². The molecule has 0 aliphatic heterocycles. The van der Waals surface area contributed by atoms with Crippen molar-refractivity contribution < 1.29 is 14.3 Å². The summed E-state index contributed by atoms with van der Waals surface area (Å²) in [5.41, 5.74) is 3.77. The Balaban J connectivity index is 2.07. The molecular formula is C20H18N2O3S. The molecule has 26 heavy (non-hydrogen) atoms. The van der Waals surface area contributed by atoms with Gasteiger partial charge in [-0.3, -0.25) is 0 Å². The van der Waals surface area contributed by atoms with E-state index in [-0.39, 0.29) is 0 Å². The van der Waals surface area contributed by atoms with Crippen LogP contribution in [0.15, 0.2) is 41.9 Å². The molecule has 0 amide bonds. The van der Waals surface area contributed by atoms with Crippen molar-refractivity contribution in [2.75, 3.05) is 6.61 Å². The molecule has 3 aromatic rings. The summed E-state index contributed by atoms with van der Waals surface area (Å²) in [6.07, 6.45) is 0. The molecule has 2 aromatic carbocycles. The molecule has 5 nitrogen and oxygen atoms in total. The summed E-state index contributed by atoms with van der Waals surface area (Å²) in [5, 5.41) is 0. The van der Waals surface area contributed by atoms with Crippen LogP contribution in [0, 0.1) is 6.57 Å². The lowest BCUT2D eigenvalue weighted by molar-refractivity contribution is -0.158. The van der Waals surface area contributed by atoms with Gasteiger partial charge in [0.25, 0.3) is 0 Å². The normalized spacial score (nSPS) is 11.2. The molecule has 0 unspecified atom stereocenters. The first-order valence-electron chi connectivity index (χ1n) is 8.16. The predicted octanol–water partition coefficient (Wildman–Crippen LogP) is 5.23. The van der Waals surface area contributed by atoms with E-state index < -0.39 is 11.6 Å². The summed E-state index contributed by atoms with van der Waals surface area (Å²) in [6, 6.07) is 11.1. The lowest BCUT2D eigenvalue weighted by atomic mass is 10.0. The highest BCUT2D eigenvalue weighted by molar-refractivity contribution is 7.16. The van der Waals surface area contributed by atoms with Crippen LogP contribution in [-0.2, 0) is 9.53 Å². The number of hydrogen-bond donors (Lipinski definition) is 0. The minimum absolute atomic E-state index is 0.293. The predicted molar refractivity (Wildman–Crippen MR) is 103 cm³/mol. The average Bonchev–Trinajstić information content (AvgIpc) is 3.08. The van der Waals surface area contributed by atoms with E-state index in [2.05, 4.69) is 9.83 Å². The van der Waals surface area contributed by atoms with Crippen LogP contribution in [0.4, 0.5) is 5.69 Å². The van der Waals surface area contributed by atoms with Gasteiger partial charge in [-0.05, 0) is 32.4 Å². The minimum atomic E-state index is -1.13. The van der Waals surface area contributed by atoms with Crippen molar-refractivity contribution in [1.29, 1.82) is 0 Å². The van der Waals surface area contributed by atoms with E-state index >= 15 is 0 Å². The van der Waals surface area contributed by atoms with Gasteiger partial charge in [-0.25, -0.2) is 14.6 Å². The number of aromatic nitrogens is 1. The largest absolute Gasteiger partial charge is 0.475 e. The molecule has 6 heteroatoms. The molecule has 132 valence electrons. The highest BCUT2D eigenvalue weighted by atomic mass is 32.1. The highest BCUT2D eigenvalue weighted by Crippen LogP contribution is 2.37. The quantitative estimate of drug-likeness (QED) is 0.458. The van der Waals surface area contributed by atoms with Crippen LogP contribution in [0.25, 0.3) is 26.2 Å². The smallest absolute Gasteiger partial charge is 0.349 e. The number of carbonyl (C=O) groups is 1. The second-order valence-corrected chi connectivity index (χ2v) is 7.05. The molecule has 1 aromatic heterocycles. The third-order valence-electron chi connectivity index (χ3n) is 3.87. The van der Waals surface area contributed by atoms with E-state index in [1.807, 2.05) is 24.3 Å². The van der Waals surface area contributed by atoms with E-state index in [1.165, 1.54) is 11.3 Å². The van der Waals surface area contributed by atoms with E-state index in [0.717, 1.165) is 21.3 Å². The molecular weight excluding hydrogens is 348 g/mol. The Hall–Kier alpha value is -2.91. The van der Waals surface area contributed by atoms with Crippen molar-refractivity contribution in [1.82, 2.24) is 4.98 Å². The molecule has 0 aliphatic rings. The zero-order chi connectivity index (χ0) is 18.7. The SMILES string of the molecule is [C-]#[N+]c1ccc(-c2cc3scnc3cc2OC(C)(C)C(=O)OCC)cc1. The first-order valence-corrected chi connectivity index (χ1v) is 9.04. The second-order valence-electron chi connectivity index (χ2n) is 6.16. The van der Waals surface area contributed by atoms with Crippen LogP contribution in [-0.4, -0.2) is 23.2 Å². The van der Waals surface area contributed by atoms with Crippen LogP contribution < -0.4 is 4.74 Å². The molecule has 0 fully saturated rings. The number of ether oxygens (including phenoxy) is 2. The van der Waals surface area contributed by atoms with Gasteiger partial charge < -0.3 is 9.47 Å². The van der Waals surface area contributed by atoms with Gasteiger partial charge in [0.05, 0.1) is 28.9 Å². The Morgan fingerprint density at radius 2 is 2.00 bits per heavy atom. The maximum Gasteiger partial charge on any atom is 0.349 e. The Bertz CT molecular complexity index is 984. The first kappa shape index (κ1) is 17.9. The van der Waals surface area contributed by atoms with E-state index in [1.54, 1.807) is 38.4 Å². The Morgan fingerprint density at radius 3 is 2.65 bits per heavy atom. The number of nitrogens with zero attached hydrogens (tertiary/aromatic N) is 2. The number of esters is 1. The van der Waals surface area contributed by atoms with Crippen molar-refractivity contribution in [2.45, 2.75) is 26.4 Å². The maximum atomic E-state index is 12.2. The van der Waals surface area contributed by atoms with Crippen molar-refractivity contribution >= 4 is 33.2 Å². The maximum absolute atomic E-state index is 12.2. The summed E-state index contributed by atoms with van der Waals surface area (Å²) in [4.78, 5) is 20.0. The summed E-state index contributed by atoms with van der Waals surface area (Å²) in [5.74, 6) is 0.129. The van der Waals surface area contributed by atoms with E-state index in [9.17, 15) is 4.79 Å². The zero-order valence-corrected chi connectivity index (χ0v) is 15.6. The summed E-state index contributed by atoms with van der Waals surface area (Å²) in [7, 11) is 0. The zero-order valence-electron chi connectivity index (χ0n) is 14.8. The van der Waals surface area contributed by atoms with Gasteiger partial charge in [-0.1, -0.05) is 24.3 Å². The molecule has 0 N–H and O–H groups in total. The average molecular weight is 366 g/mol. The van der Waals surface area contributed by atoms with Crippen molar-refractivity contribution in [2.24, 2.45) is 0 Å². The van der Waals surface area contributed by atoms with Gasteiger partial charge in [-0.2, -0.15) is 0 Å². The third-order valence-corrected chi connectivity index (χ3v) is 4.66. The number of thiazole rings is 1. The second kappa shape index (κ2) is 7.14. The summed E-state index contributed by atoms with van der Waals surface area (Å²) >= 11 is 1.54. The first-order chi connectivity index (χ1) is 12.4. The number of benzene rings is 2. The highest BCUT2D eigenvalue weighted by Gasteiger charge is 2.32. The van der Waals surface area contributed by atoms with Crippen LogP contribution in [0.1, 0.15) is 20.8 Å². The Morgan fingerprint density at radius 1 is 1.27 bits per heavy atom. The van der Waals surface area contributed by atoms with E-state index in [0.29, 0.717) is 18.0 Å². The summed E-state index contributed by atoms with van der Waals surface area (Å²) in [6.45, 7) is 12.5. The van der Waals surface area contributed by atoms with Gasteiger partial charge in [0.15, 0.2) is 11.3 Å². The molecule has 0 atom stereocenters. The fourth-order valence-electron chi connectivity index (χ4n) is 2.53. The molecule has 0 saturated carbocycles. The summed E-state index contributed by atoms with van der Waals surface area (Å²) < 4.78 is 12.2. The minimum Gasteiger partial charge on any atom is -0.475 e. The topological polar surface area (TPSA) is 52.8 Å². The molecule has 0 spiro atoms. The van der Waals surface area contributed by atoms with Gasteiger partial charge >= 0.3 is 5.97 Å². The third kappa shape index (κ3) is 3.53. The fraction of sp³-hybridized carbons (Fsp3) is 0.250. The molecule has 0 aliphatic carbocycles. The van der Waals surface area contributed by atoms with Crippen LogP contribution in [0.3, 0.4) is 0 Å². The molecule has 0 bridgehead atoms. The lowest BCUT2D eigenvalue weighted by Gasteiger charge is -2.25. The molecule has 0 radical (unpaired) electrons. The van der Waals surface area contributed by atoms with Gasteiger partial charge in [-0.15, -0.1) is 11.3 Å². The molecule has 0 saturated heterocycles. The fourth-order valence-corrected chi connectivity index (χ4v) is 3.23. The lowest BCUT2D eigenvalue weighted by Crippen LogP contribution is -2.39. The Labute approximate surface area is 156 Å². The molecule has 1 heterocycles.